The second-order valence-corrected chi connectivity index (χ2v) is 7.47. The fourth-order valence-electron chi connectivity index (χ4n) is 3.80. The number of carbonyl (C=O) groups is 2. The molecule has 0 spiro atoms. The lowest BCUT2D eigenvalue weighted by Gasteiger charge is -2.23. The molecule has 1 aliphatic rings. The van der Waals surface area contributed by atoms with Gasteiger partial charge in [-0.05, 0) is 49.6 Å². The molecular weight excluding hydrogens is 387 g/mol. The van der Waals surface area contributed by atoms with Gasteiger partial charge in [0.1, 0.15) is 11.6 Å². The summed E-state index contributed by atoms with van der Waals surface area (Å²) in [6, 6.07) is 5.13. The number of likely N-dealkylation sites (tertiary alicyclic amines) is 1. The highest BCUT2D eigenvalue weighted by Crippen LogP contribution is 2.26. The highest BCUT2D eigenvalue weighted by molar-refractivity contribution is 6.05. The van der Waals surface area contributed by atoms with Crippen LogP contribution in [0.1, 0.15) is 35.2 Å². The third kappa shape index (κ3) is 3.83. The molecule has 1 aliphatic heterocycles. The summed E-state index contributed by atoms with van der Waals surface area (Å²) in [7, 11) is 0. The Morgan fingerprint density at radius 1 is 1.20 bits per heavy atom. The van der Waals surface area contributed by atoms with Crippen molar-refractivity contribution in [1.29, 1.82) is 0 Å². The van der Waals surface area contributed by atoms with Gasteiger partial charge in [0.2, 0.25) is 5.91 Å². The average molecular weight is 410 g/mol. The Kier molecular flexibility index (Phi) is 5.35. The first kappa shape index (κ1) is 19.8. The van der Waals surface area contributed by atoms with Crippen LogP contribution in [0.4, 0.5) is 10.2 Å². The molecule has 156 valence electrons. The number of hydrogen-bond acceptors (Lipinski definition) is 5. The summed E-state index contributed by atoms with van der Waals surface area (Å²) in [5.41, 5.74) is 8.03. The van der Waals surface area contributed by atoms with Gasteiger partial charge in [0.05, 0.1) is 29.7 Å². The molecule has 9 heteroatoms. The standard InChI is InChI=1S/C21H23FN6O2/c1-14-11-24-26(13-14)10-8-19(29)27-9-2-3-18(27)20(30)17-12-25-28(21(17)23)16-6-4-15(22)5-7-16/h4-7,11-13,18H,2-3,8-10,23H2,1H3. The predicted molar refractivity (Wildman–Crippen MR) is 109 cm³/mol. The second-order valence-electron chi connectivity index (χ2n) is 7.47. The molecule has 2 aromatic heterocycles. The molecule has 3 aromatic rings. The fourth-order valence-corrected chi connectivity index (χ4v) is 3.80. The van der Waals surface area contributed by atoms with E-state index in [9.17, 15) is 14.0 Å². The molecule has 4 rings (SSSR count). The number of halogens is 1. The van der Waals surface area contributed by atoms with Crippen molar-refractivity contribution in [3.05, 3.63) is 59.8 Å². The molecular formula is C21H23FN6O2. The van der Waals surface area contributed by atoms with Crippen molar-refractivity contribution in [2.24, 2.45) is 0 Å². The SMILES string of the molecule is Cc1cnn(CCC(=O)N2CCCC2C(=O)c2cnn(-c3ccc(F)cc3)c2N)c1. The van der Waals surface area contributed by atoms with Crippen molar-refractivity contribution in [3.8, 4) is 5.69 Å². The molecule has 1 unspecified atom stereocenters. The van der Waals surface area contributed by atoms with Gasteiger partial charge in [-0.1, -0.05) is 0 Å². The van der Waals surface area contributed by atoms with Gasteiger partial charge < -0.3 is 10.6 Å². The van der Waals surface area contributed by atoms with Crippen LogP contribution >= 0.6 is 0 Å². The molecule has 3 heterocycles. The number of anilines is 1. The Balaban J connectivity index is 1.48. The van der Waals surface area contributed by atoms with Crippen molar-refractivity contribution < 1.29 is 14.0 Å². The van der Waals surface area contributed by atoms with Crippen LogP contribution in [-0.4, -0.2) is 48.7 Å². The molecule has 1 aromatic carbocycles. The lowest BCUT2D eigenvalue weighted by Crippen LogP contribution is -2.41. The zero-order chi connectivity index (χ0) is 21.3. The number of benzene rings is 1. The summed E-state index contributed by atoms with van der Waals surface area (Å²) in [6.07, 6.45) is 6.66. The molecule has 0 saturated carbocycles. The largest absolute Gasteiger partial charge is 0.383 e. The minimum Gasteiger partial charge on any atom is -0.383 e. The van der Waals surface area contributed by atoms with E-state index in [0.717, 1.165) is 12.0 Å². The van der Waals surface area contributed by atoms with Gasteiger partial charge in [0, 0.05) is 25.7 Å². The number of hydrogen-bond donors (Lipinski definition) is 1. The zero-order valence-electron chi connectivity index (χ0n) is 16.7. The van der Waals surface area contributed by atoms with Crippen molar-refractivity contribution in [2.45, 2.75) is 38.8 Å². The topological polar surface area (TPSA) is 99.0 Å². The number of nitrogens with zero attached hydrogens (tertiary/aromatic N) is 5. The highest BCUT2D eigenvalue weighted by Gasteiger charge is 2.36. The van der Waals surface area contributed by atoms with Crippen LogP contribution in [0.2, 0.25) is 0 Å². The quantitative estimate of drug-likeness (QED) is 0.629. The Morgan fingerprint density at radius 3 is 2.67 bits per heavy atom. The predicted octanol–water partition coefficient (Wildman–Crippen LogP) is 2.36. The summed E-state index contributed by atoms with van der Waals surface area (Å²) in [5.74, 6) is -0.491. The molecule has 1 saturated heterocycles. The third-order valence-corrected chi connectivity index (χ3v) is 5.34. The van der Waals surface area contributed by atoms with Crippen LogP contribution in [0, 0.1) is 12.7 Å². The van der Waals surface area contributed by atoms with E-state index in [1.807, 2.05) is 13.1 Å². The smallest absolute Gasteiger partial charge is 0.225 e. The monoisotopic (exact) mass is 410 g/mol. The van der Waals surface area contributed by atoms with E-state index in [-0.39, 0.29) is 35.3 Å². The molecule has 30 heavy (non-hydrogen) atoms. The van der Waals surface area contributed by atoms with Crippen LogP contribution in [-0.2, 0) is 11.3 Å². The maximum Gasteiger partial charge on any atom is 0.225 e. The number of ketones is 1. The summed E-state index contributed by atoms with van der Waals surface area (Å²) in [5, 5.41) is 8.38. The number of Topliss-reactive ketones (excluding diaryl/α,β-unsaturated/α-hetero) is 1. The van der Waals surface area contributed by atoms with Crippen molar-refractivity contribution in [2.75, 3.05) is 12.3 Å². The van der Waals surface area contributed by atoms with E-state index >= 15 is 0 Å². The van der Waals surface area contributed by atoms with E-state index in [2.05, 4.69) is 10.2 Å². The first-order valence-electron chi connectivity index (χ1n) is 9.86. The first-order chi connectivity index (χ1) is 14.4. The van der Waals surface area contributed by atoms with Crippen LogP contribution in [0.3, 0.4) is 0 Å². The normalized spacial score (nSPS) is 16.2. The Labute approximate surface area is 173 Å². The van der Waals surface area contributed by atoms with Gasteiger partial charge in [0.25, 0.3) is 0 Å². The maximum atomic E-state index is 13.2. The van der Waals surface area contributed by atoms with E-state index in [4.69, 9.17) is 5.73 Å². The molecule has 0 radical (unpaired) electrons. The van der Waals surface area contributed by atoms with E-state index in [1.165, 1.54) is 35.1 Å². The van der Waals surface area contributed by atoms with Crippen molar-refractivity contribution in [1.82, 2.24) is 24.5 Å². The highest BCUT2D eigenvalue weighted by atomic mass is 19.1. The summed E-state index contributed by atoms with van der Waals surface area (Å²) < 4.78 is 16.3. The minimum atomic E-state index is -0.551. The molecule has 1 fully saturated rings. The number of rotatable bonds is 6. The van der Waals surface area contributed by atoms with Crippen LogP contribution in [0.25, 0.3) is 5.69 Å². The van der Waals surface area contributed by atoms with Crippen molar-refractivity contribution in [3.63, 3.8) is 0 Å². The molecule has 1 amide bonds. The molecule has 0 bridgehead atoms. The van der Waals surface area contributed by atoms with Crippen LogP contribution in [0.15, 0.2) is 42.9 Å². The maximum absolute atomic E-state index is 13.2. The van der Waals surface area contributed by atoms with Crippen LogP contribution < -0.4 is 5.73 Å². The zero-order valence-corrected chi connectivity index (χ0v) is 16.7. The van der Waals surface area contributed by atoms with E-state index < -0.39 is 6.04 Å². The number of amides is 1. The van der Waals surface area contributed by atoms with Gasteiger partial charge in [-0.3, -0.25) is 14.3 Å². The number of aryl methyl sites for hydroxylation is 2. The van der Waals surface area contributed by atoms with Gasteiger partial charge >= 0.3 is 0 Å². The summed E-state index contributed by atoms with van der Waals surface area (Å²) >= 11 is 0. The molecule has 8 nitrogen and oxygen atoms in total. The number of carbonyl (C=O) groups excluding carboxylic acids is 2. The second kappa shape index (κ2) is 8.10. The third-order valence-electron chi connectivity index (χ3n) is 5.34. The van der Waals surface area contributed by atoms with Gasteiger partial charge in [-0.25, -0.2) is 9.07 Å². The molecule has 1 atom stereocenters. The van der Waals surface area contributed by atoms with Crippen LogP contribution in [0.5, 0.6) is 0 Å². The average Bonchev–Trinajstić information content (AvgIpc) is 3.46. The Bertz CT molecular complexity index is 1070. The summed E-state index contributed by atoms with van der Waals surface area (Å²) in [6.45, 7) is 2.95. The number of nitrogen functional groups attached to an aromatic ring is 1. The van der Waals surface area contributed by atoms with Gasteiger partial charge in [-0.15, -0.1) is 0 Å². The summed E-state index contributed by atoms with van der Waals surface area (Å²) in [4.78, 5) is 27.5. The number of aromatic nitrogens is 4. The van der Waals surface area contributed by atoms with Gasteiger partial charge in [-0.2, -0.15) is 10.2 Å². The lowest BCUT2D eigenvalue weighted by molar-refractivity contribution is -0.131. The Morgan fingerprint density at radius 2 is 1.97 bits per heavy atom. The molecule has 0 aliphatic carbocycles. The number of nitrogens with two attached hydrogens (primary N) is 1. The van der Waals surface area contributed by atoms with Gasteiger partial charge in [0.15, 0.2) is 5.78 Å². The van der Waals surface area contributed by atoms with E-state index in [0.29, 0.717) is 25.2 Å². The Hall–Kier alpha value is -3.49. The first-order valence-corrected chi connectivity index (χ1v) is 9.86. The van der Waals surface area contributed by atoms with E-state index in [1.54, 1.807) is 15.8 Å². The minimum absolute atomic E-state index is 0.0801. The molecule has 2 N–H and O–H groups in total. The fraction of sp³-hybridized carbons (Fsp3) is 0.333. The van der Waals surface area contributed by atoms with Crippen molar-refractivity contribution >= 4 is 17.5 Å². The lowest BCUT2D eigenvalue weighted by atomic mass is 10.0.